The highest BCUT2D eigenvalue weighted by Crippen LogP contribution is 2.36. The molecule has 2 aromatic heterocycles. The fraction of sp³-hybridized carbons (Fsp3) is 0.333. The van der Waals surface area contributed by atoms with Gasteiger partial charge in [0.15, 0.2) is 0 Å². The number of nitrogens with one attached hydrogen (secondary N) is 2. The zero-order chi connectivity index (χ0) is 18.3. The molecule has 1 aliphatic heterocycles. The Bertz CT molecular complexity index is 975. The number of carbonyl (C=O) groups excluding carboxylic acids is 2. The largest absolute Gasteiger partial charge is 0.352 e. The molecule has 2 atom stereocenters. The van der Waals surface area contributed by atoms with Crippen LogP contribution in [0.2, 0.25) is 0 Å². The van der Waals surface area contributed by atoms with Crippen LogP contribution in [0.25, 0.3) is 11.0 Å². The Kier molecular flexibility index (Phi) is 3.95. The molecule has 8 nitrogen and oxygen atoms in total. The lowest BCUT2D eigenvalue weighted by atomic mass is 9.95. The van der Waals surface area contributed by atoms with E-state index in [0.717, 1.165) is 11.1 Å². The molecule has 1 fully saturated rings. The van der Waals surface area contributed by atoms with Crippen LogP contribution < -0.4 is 5.32 Å². The smallest absolute Gasteiger partial charge is 0.253 e. The molecule has 1 aromatic carbocycles. The van der Waals surface area contributed by atoms with Crippen molar-refractivity contribution < 1.29 is 9.59 Å². The van der Waals surface area contributed by atoms with E-state index in [1.807, 2.05) is 25.4 Å². The number of rotatable bonds is 4. The number of amides is 2. The highest BCUT2D eigenvalue weighted by atomic mass is 16.2. The van der Waals surface area contributed by atoms with E-state index in [4.69, 9.17) is 0 Å². The number of fused-ring (bicyclic) bond motifs is 1. The molecule has 26 heavy (non-hydrogen) atoms. The van der Waals surface area contributed by atoms with E-state index in [0.29, 0.717) is 24.0 Å². The van der Waals surface area contributed by atoms with Crippen molar-refractivity contribution in [2.75, 3.05) is 13.6 Å². The highest BCUT2D eigenvalue weighted by Gasteiger charge is 2.39. The number of aromatic nitrogens is 4. The lowest BCUT2D eigenvalue weighted by Gasteiger charge is -2.24. The number of H-pyrrole nitrogens is 1. The monoisotopic (exact) mass is 352 g/mol. The van der Waals surface area contributed by atoms with E-state index in [9.17, 15) is 9.59 Å². The topological polar surface area (TPSA) is 95.9 Å². The number of likely N-dealkylation sites (tertiary alicyclic amines) is 1. The number of nitrogens with zero attached hydrogens (tertiary/aromatic N) is 4. The van der Waals surface area contributed by atoms with Gasteiger partial charge < -0.3 is 15.2 Å². The predicted molar refractivity (Wildman–Crippen MR) is 95.3 cm³/mol. The van der Waals surface area contributed by atoms with Gasteiger partial charge in [-0.2, -0.15) is 5.10 Å². The summed E-state index contributed by atoms with van der Waals surface area (Å²) in [6.07, 6.45) is 5.67. The summed E-state index contributed by atoms with van der Waals surface area (Å²) in [5.41, 5.74) is 2.98. The second kappa shape index (κ2) is 6.29. The normalized spacial score (nSPS) is 20.1. The fourth-order valence-corrected chi connectivity index (χ4v) is 3.69. The number of benzene rings is 1. The summed E-state index contributed by atoms with van der Waals surface area (Å²) in [5.74, 6) is -0.110. The first-order valence-electron chi connectivity index (χ1n) is 8.49. The molecule has 3 aromatic rings. The molecular weight excluding hydrogens is 332 g/mol. The third-order valence-corrected chi connectivity index (χ3v) is 4.98. The first-order valence-corrected chi connectivity index (χ1v) is 8.49. The predicted octanol–water partition coefficient (Wildman–Crippen LogP) is 1.25. The van der Waals surface area contributed by atoms with Crippen LogP contribution in [0.3, 0.4) is 0 Å². The van der Waals surface area contributed by atoms with E-state index >= 15 is 0 Å². The average molecular weight is 352 g/mol. The van der Waals surface area contributed by atoms with Gasteiger partial charge in [0.2, 0.25) is 5.91 Å². The van der Waals surface area contributed by atoms with Crippen LogP contribution in [0.1, 0.15) is 28.4 Å². The van der Waals surface area contributed by atoms with Crippen LogP contribution in [-0.4, -0.2) is 50.1 Å². The molecular formula is C18H20N6O2. The lowest BCUT2D eigenvalue weighted by Crippen LogP contribution is -2.32. The molecule has 3 heterocycles. The van der Waals surface area contributed by atoms with Crippen LogP contribution in [-0.2, 0) is 11.8 Å². The Morgan fingerprint density at radius 2 is 2.23 bits per heavy atom. The maximum Gasteiger partial charge on any atom is 0.253 e. The Morgan fingerprint density at radius 3 is 3.00 bits per heavy atom. The molecule has 0 aliphatic carbocycles. The maximum atomic E-state index is 12.6. The van der Waals surface area contributed by atoms with Crippen LogP contribution in [0.15, 0.2) is 36.9 Å². The maximum absolute atomic E-state index is 12.6. The van der Waals surface area contributed by atoms with Crippen molar-refractivity contribution in [3.63, 3.8) is 0 Å². The van der Waals surface area contributed by atoms with E-state index in [2.05, 4.69) is 20.4 Å². The molecule has 1 saturated heterocycles. The van der Waals surface area contributed by atoms with Gasteiger partial charge in [0.05, 0.1) is 29.6 Å². The summed E-state index contributed by atoms with van der Waals surface area (Å²) in [7, 11) is 3.65. The second-order valence-electron chi connectivity index (χ2n) is 6.68. The van der Waals surface area contributed by atoms with E-state index in [-0.39, 0.29) is 23.8 Å². The van der Waals surface area contributed by atoms with Crippen LogP contribution >= 0.6 is 0 Å². The van der Waals surface area contributed by atoms with Crippen LogP contribution in [0.5, 0.6) is 0 Å². The number of hydrogen-bond acceptors (Lipinski definition) is 4. The lowest BCUT2D eigenvalue weighted by molar-refractivity contribution is -0.127. The number of carbonyl (C=O) groups is 2. The van der Waals surface area contributed by atoms with Crippen LogP contribution in [0, 0.1) is 5.92 Å². The third kappa shape index (κ3) is 2.73. The summed E-state index contributed by atoms with van der Waals surface area (Å²) < 4.78 is 1.72. The number of para-hydroxylation sites is 1. The Labute approximate surface area is 150 Å². The summed E-state index contributed by atoms with van der Waals surface area (Å²) in [6.45, 7) is 0.412. The first-order chi connectivity index (χ1) is 12.5. The minimum atomic E-state index is -0.186. The van der Waals surface area contributed by atoms with Gasteiger partial charge in [0.1, 0.15) is 5.52 Å². The SMILES string of the molecule is CN1C(=O)C[C@@H](CNC(=O)c2cccc3[nH]cnc23)[C@@H]1c1cnn(C)c1. The third-order valence-electron chi connectivity index (χ3n) is 4.98. The van der Waals surface area contributed by atoms with Gasteiger partial charge in [0.25, 0.3) is 5.91 Å². The van der Waals surface area contributed by atoms with Gasteiger partial charge >= 0.3 is 0 Å². The quantitative estimate of drug-likeness (QED) is 0.738. The number of hydrogen-bond donors (Lipinski definition) is 2. The van der Waals surface area contributed by atoms with Gasteiger partial charge in [-0.05, 0) is 12.1 Å². The summed E-state index contributed by atoms with van der Waals surface area (Å²) >= 11 is 0. The first kappa shape index (κ1) is 16.3. The molecule has 0 saturated carbocycles. The molecule has 2 amide bonds. The second-order valence-corrected chi connectivity index (χ2v) is 6.68. The van der Waals surface area contributed by atoms with E-state index in [1.54, 1.807) is 35.2 Å². The van der Waals surface area contributed by atoms with Gasteiger partial charge in [-0.1, -0.05) is 6.07 Å². The minimum Gasteiger partial charge on any atom is -0.352 e. The Hall–Kier alpha value is -3.16. The molecule has 1 aliphatic rings. The summed E-state index contributed by atoms with van der Waals surface area (Å²) in [4.78, 5) is 33.8. The number of imidazole rings is 1. The van der Waals surface area contributed by atoms with Crippen molar-refractivity contribution in [1.82, 2.24) is 30.0 Å². The number of aromatic amines is 1. The molecule has 0 spiro atoms. The zero-order valence-electron chi connectivity index (χ0n) is 14.6. The molecule has 134 valence electrons. The van der Waals surface area contributed by atoms with Crippen molar-refractivity contribution >= 4 is 22.8 Å². The molecule has 0 bridgehead atoms. The minimum absolute atomic E-state index is 0.000892. The van der Waals surface area contributed by atoms with Gasteiger partial charge in [0, 0.05) is 44.7 Å². The van der Waals surface area contributed by atoms with Crippen molar-refractivity contribution in [2.45, 2.75) is 12.5 Å². The average Bonchev–Trinajstić information content (AvgIpc) is 3.32. The van der Waals surface area contributed by atoms with Crippen molar-refractivity contribution in [1.29, 1.82) is 0 Å². The molecule has 4 rings (SSSR count). The van der Waals surface area contributed by atoms with Crippen LogP contribution in [0.4, 0.5) is 0 Å². The van der Waals surface area contributed by atoms with Crippen molar-refractivity contribution in [3.05, 3.63) is 48.0 Å². The fourth-order valence-electron chi connectivity index (χ4n) is 3.69. The Balaban J connectivity index is 1.52. The molecule has 0 unspecified atom stereocenters. The molecule has 0 radical (unpaired) electrons. The van der Waals surface area contributed by atoms with Gasteiger partial charge in [-0.15, -0.1) is 0 Å². The van der Waals surface area contributed by atoms with Gasteiger partial charge in [-0.25, -0.2) is 4.98 Å². The highest BCUT2D eigenvalue weighted by molar-refractivity contribution is 6.04. The van der Waals surface area contributed by atoms with Crippen molar-refractivity contribution in [2.24, 2.45) is 13.0 Å². The molecule has 8 heteroatoms. The van der Waals surface area contributed by atoms with E-state index < -0.39 is 0 Å². The van der Waals surface area contributed by atoms with Crippen molar-refractivity contribution in [3.8, 4) is 0 Å². The molecule has 2 N–H and O–H groups in total. The summed E-state index contributed by atoms with van der Waals surface area (Å²) in [5, 5.41) is 7.18. The summed E-state index contributed by atoms with van der Waals surface area (Å²) in [6, 6.07) is 5.36. The zero-order valence-corrected chi connectivity index (χ0v) is 14.6. The standard InChI is InChI=1S/C18H20N6O2/c1-23-9-12(8-22-23)17-11(6-15(25)24(17)2)7-19-18(26)13-4-3-5-14-16(13)21-10-20-14/h3-5,8-11,17H,6-7H2,1-2H3,(H,19,26)(H,20,21)/t11-,17+/m0/s1. The number of aryl methyl sites for hydroxylation is 1. The van der Waals surface area contributed by atoms with E-state index in [1.165, 1.54) is 0 Å². The Morgan fingerprint density at radius 1 is 1.38 bits per heavy atom. The van der Waals surface area contributed by atoms with Gasteiger partial charge in [-0.3, -0.25) is 14.3 Å².